The van der Waals surface area contributed by atoms with Crippen LogP contribution in [0, 0.1) is 0 Å². The topological polar surface area (TPSA) is 74.5 Å². The number of amides is 1. The number of anilines is 1. The third-order valence-electron chi connectivity index (χ3n) is 5.07. The van der Waals surface area contributed by atoms with Crippen molar-refractivity contribution in [3.63, 3.8) is 0 Å². The zero-order chi connectivity index (χ0) is 16.1. The van der Waals surface area contributed by atoms with Crippen LogP contribution in [0.15, 0.2) is 24.4 Å². The van der Waals surface area contributed by atoms with Gasteiger partial charge in [-0.1, -0.05) is 18.9 Å². The molecule has 23 heavy (non-hydrogen) atoms. The van der Waals surface area contributed by atoms with E-state index < -0.39 is 0 Å². The Morgan fingerprint density at radius 2 is 1.96 bits per heavy atom. The smallest absolute Gasteiger partial charge is 0.234 e. The molecule has 6 heteroatoms. The van der Waals surface area contributed by atoms with Gasteiger partial charge < -0.3 is 16.0 Å². The minimum Gasteiger partial charge on any atom is -0.354 e. The molecule has 1 aliphatic heterocycles. The molecule has 0 unspecified atom stereocenters. The van der Waals surface area contributed by atoms with Crippen molar-refractivity contribution in [3.8, 4) is 0 Å². The van der Waals surface area contributed by atoms with Crippen molar-refractivity contribution in [1.29, 1.82) is 0 Å². The first-order valence-electron chi connectivity index (χ1n) is 8.60. The minimum atomic E-state index is -0.146. The number of aromatic nitrogens is 1. The molecule has 0 bridgehead atoms. The van der Waals surface area contributed by atoms with Crippen molar-refractivity contribution in [2.45, 2.75) is 31.2 Å². The van der Waals surface area contributed by atoms with Gasteiger partial charge in [0.05, 0.1) is 12.1 Å². The Morgan fingerprint density at radius 1 is 1.22 bits per heavy atom. The summed E-state index contributed by atoms with van der Waals surface area (Å²) in [5.74, 6) is 1.13. The van der Waals surface area contributed by atoms with Gasteiger partial charge in [-0.2, -0.15) is 0 Å². The molecule has 2 aliphatic rings. The van der Waals surface area contributed by atoms with Gasteiger partial charge in [-0.3, -0.25) is 9.69 Å². The molecule has 1 saturated heterocycles. The zero-order valence-electron chi connectivity index (χ0n) is 13.7. The van der Waals surface area contributed by atoms with E-state index in [0.29, 0.717) is 13.1 Å². The number of carbonyl (C=O) groups excluding carboxylic acids is 1. The van der Waals surface area contributed by atoms with Crippen LogP contribution in [-0.2, 0) is 4.79 Å². The van der Waals surface area contributed by atoms with Gasteiger partial charge in [-0.05, 0) is 25.0 Å². The Hall–Kier alpha value is -1.66. The Bertz CT molecular complexity index is 507. The average Bonchev–Trinajstić information content (AvgIpc) is 3.05. The van der Waals surface area contributed by atoms with E-state index in [2.05, 4.69) is 20.1 Å². The highest BCUT2D eigenvalue weighted by Crippen LogP contribution is 2.28. The second-order valence-electron chi connectivity index (χ2n) is 6.69. The van der Waals surface area contributed by atoms with Crippen LogP contribution in [0.25, 0.3) is 0 Å². The van der Waals surface area contributed by atoms with Crippen LogP contribution in [0.2, 0.25) is 0 Å². The van der Waals surface area contributed by atoms with E-state index in [1.807, 2.05) is 24.4 Å². The maximum absolute atomic E-state index is 12.3. The quantitative estimate of drug-likeness (QED) is 0.831. The van der Waals surface area contributed by atoms with Crippen molar-refractivity contribution in [2.75, 3.05) is 44.2 Å². The van der Waals surface area contributed by atoms with Crippen molar-refractivity contribution >= 4 is 11.7 Å². The third-order valence-corrected chi connectivity index (χ3v) is 5.07. The summed E-state index contributed by atoms with van der Waals surface area (Å²) in [6.45, 7) is 4.61. The Labute approximate surface area is 138 Å². The van der Waals surface area contributed by atoms with E-state index in [0.717, 1.165) is 44.8 Å². The molecule has 0 radical (unpaired) electrons. The van der Waals surface area contributed by atoms with Crippen molar-refractivity contribution in [3.05, 3.63) is 24.4 Å². The molecular weight excluding hydrogens is 290 g/mol. The van der Waals surface area contributed by atoms with Crippen LogP contribution >= 0.6 is 0 Å². The predicted molar refractivity (Wildman–Crippen MR) is 91.3 cm³/mol. The average molecular weight is 317 g/mol. The number of nitrogens with one attached hydrogen (secondary N) is 1. The highest BCUT2D eigenvalue weighted by molar-refractivity contribution is 5.79. The van der Waals surface area contributed by atoms with E-state index in [4.69, 9.17) is 5.73 Å². The summed E-state index contributed by atoms with van der Waals surface area (Å²) in [4.78, 5) is 21.2. The second kappa shape index (κ2) is 7.27. The molecule has 0 aromatic carbocycles. The van der Waals surface area contributed by atoms with E-state index in [1.165, 1.54) is 12.8 Å². The van der Waals surface area contributed by atoms with E-state index in [-0.39, 0.29) is 11.4 Å². The maximum atomic E-state index is 12.3. The number of pyridine rings is 1. The molecule has 3 rings (SSSR count). The molecule has 1 saturated carbocycles. The summed E-state index contributed by atoms with van der Waals surface area (Å²) in [6, 6.07) is 5.98. The van der Waals surface area contributed by atoms with Gasteiger partial charge in [-0.15, -0.1) is 0 Å². The first kappa shape index (κ1) is 16.2. The molecule has 1 aromatic rings. The number of rotatable bonds is 5. The van der Waals surface area contributed by atoms with Crippen LogP contribution < -0.4 is 16.0 Å². The number of nitrogens with two attached hydrogens (primary N) is 1. The fraction of sp³-hybridized carbons (Fsp3) is 0.647. The largest absolute Gasteiger partial charge is 0.354 e. The lowest BCUT2D eigenvalue weighted by Crippen LogP contribution is -2.56. The molecule has 3 N–H and O–H groups in total. The Morgan fingerprint density at radius 3 is 2.57 bits per heavy atom. The van der Waals surface area contributed by atoms with Crippen molar-refractivity contribution in [1.82, 2.24) is 15.2 Å². The fourth-order valence-electron chi connectivity index (χ4n) is 3.65. The third kappa shape index (κ3) is 4.00. The lowest BCUT2D eigenvalue weighted by Gasteiger charge is -2.36. The van der Waals surface area contributed by atoms with Gasteiger partial charge in [0, 0.05) is 38.9 Å². The molecule has 1 amide bonds. The first-order chi connectivity index (χ1) is 11.2. The van der Waals surface area contributed by atoms with Crippen LogP contribution in [0.1, 0.15) is 25.7 Å². The van der Waals surface area contributed by atoms with E-state index >= 15 is 0 Å². The zero-order valence-corrected chi connectivity index (χ0v) is 13.7. The van der Waals surface area contributed by atoms with Crippen LogP contribution in [0.4, 0.5) is 5.82 Å². The highest BCUT2D eigenvalue weighted by atomic mass is 16.2. The van der Waals surface area contributed by atoms with Crippen molar-refractivity contribution < 1.29 is 4.79 Å². The summed E-state index contributed by atoms with van der Waals surface area (Å²) in [6.07, 6.45) is 6.19. The van der Waals surface area contributed by atoms with Gasteiger partial charge in [-0.25, -0.2) is 4.98 Å². The summed E-state index contributed by atoms with van der Waals surface area (Å²) in [5, 5.41) is 3.20. The molecule has 126 valence electrons. The van der Waals surface area contributed by atoms with Crippen LogP contribution in [0.5, 0.6) is 0 Å². The van der Waals surface area contributed by atoms with Gasteiger partial charge in [0.2, 0.25) is 5.91 Å². The Kier molecular flexibility index (Phi) is 5.13. The molecule has 2 heterocycles. The summed E-state index contributed by atoms with van der Waals surface area (Å²) in [5.41, 5.74) is 5.74. The second-order valence-corrected chi connectivity index (χ2v) is 6.69. The summed E-state index contributed by atoms with van der Waals surface area (Å²) < 4.78 is 0. The maximum Gasteiger partial charge on any atom is 0.234 e. The molecule has 2 fully saturated rings. The number of nitrogens with zero attached hydrogens (tertiary/aromatic N) is 3. The van der Waals surface area contributed by atoms with Crippen LogP contribution in [0.3, 0.4) is 0 Å². The monoisotopic (exact) mass is 317 g/mol. The lowest BCUT2D eigenvalue weighted by atomic mass is 9.98. The number of carbonyl (C=O) groups is 1. The lowest BCUT2D eigenvalue weighted by molar-refractivity contribution is -0.124. The van der Waals surface area contributed by atoms with E-state index in [1.54, 1.807) is 0 Å². The van der Waals surface area contributed by atoms with E-state index in [9.17, 15) is 4.79 Å². The van der Waals surface area contributed by atoms with Crippen molar-refractivity contribution in [2.24, 2.45) is 5.73 Å². The summed E-state index contributed by atoms with van der Waals surface area (Å²) in [7, 11) is 0. The minimum absolute atomic E-state index is 0.114. The SMILES string of the molecule is NCC1(NC(=O)CN2CCN(c3ccccn3)CC2)CCCC1. The molecule has 0 atom stereocenters. The van der Waals surface area contributed by atoms with Crippen LogP contribution in [-0.4, -0.2) is 60.6 Å². The summed E-state index contributed by atoms with van der Waals surface area (Å²) >= 11 is 0. The molecule has 1 aliphatic carbocycles. The van der Waals surface area contributed by atoms with Gasteiger partial charge in [0.1, 0.15) is 5.82 Å². The predicted octanol–water partition coefficient (Wildman–Crippen LogP) is 0.591. The standard InChI is InChI=1S/C17H27N5O/c18-14-17(6-2-3-7-17)20-16(23)13-21-9-11-22(12-10-21)15-5-1-4-8-19-15/h1,4-5,8H,2-3,6-7,9-14,18H2,(H,20,23). The van der Waals surface area contributed by atoms with Gasteiger partial charge in [0.25, 0.3) is 0 Å². The number of hydrogen-bond acceptors (Lipinski definition) is 5. The first-order valence-corrected chi connectivity index (χ1v) is 8.60. The highest BCUT2D eigenvalue weighted by Gasteiger charge is 2.34. The molecule has 0 spiro atoms. The molecule has 1 aromatic heterocycles. The van der Waals surface area contributed by atoms with Gasteiger partial charge >= 0.3 is 0 Å². The number of hydrogen-bond donors (Lipinski definition) is 2. The van der Waals surface area contributed by atoms with Gasteiger partial charge in [0.15, 0.2) is 0 Å². The normalized spacial score (nSPS) is 21.3. The Balaban J connectivity index is 1.46. The number of piperazine rings is 1. The molecule has 6 nitrogen and oxygen atoms in total. The fourth-order valence-corrected chi connectivity index (χ4v) is 3.65. The molecular formula is C17H27N5O.